The predicted molar refractivity (Wildman–Crippen MR) is 107 cm³/mol. The number of benzene rings is 1. The molecular weight excluding hydrogens is 338 g/mol. The molecule has 1 aromatic heterocycles. The number of carbonyl (C=O) groups excluding carboxylic acids is 1. The Balaban J connectivity index is 1.84. The van der Waals surface area contributed by atoms with E-state index in [1.807, 2.05) is 29.5 Å². The van der Waals surface area contributed by atoms with Gasteiger partial charge in [0, 0.05) is 37.1 Å². The molecule has 0 bridgehead atoms. The van der Waals surface area contributed by atoms with Crippen molar-refractivity contribution in [2.75, 3.05) is 25.1 Å². The molecule has 0 saturated heterocycles. The Bertz CT molecular complexity index is 977. The average molecular weight is 363 g/mol. The number of hydrogen-bond acceptors (Lipinski definition) is 3. The number of urea groups is 1. The fourth-order valence-corrected chi connectivity index (χ4v) is 4.49. The maximum Gasteiger partial charge on any atom is 0.336 e. The molecule has 2 aromatic rings. The number of aromatic nitrogens is 1. The van der Waals surface area contributed by atoms with Gasteiger partial charge in [-0.2, -0.15) is 5.26 Å². The second-order valence-corrected chi connectivity index (χ2v) is 7.15. The van der Waals surface area contributed by atoms with Crippen molar-refractivity contribution in [1.29, 1.82) is 5.26 Å². The number of nitrogens with one attached hydrogen (secondary N) is 1. The van der Waals surface area contributed by atoms with Crippen molar-refractivity contribution in [3.05, 3.63) is 41.1 Å². The van der Waals surface area contributed by atoms with E-state index in [1.165, 1.54) is 22.1 Å². The highest BCUT2D eigenvalue weighted by atomic mass is 16.2. The van der Waals surface area contributed by atoms with Gasteiger partial charge in [0.05, 0.1) is 11.6 Å². The van der Waals surface area contributed by atoms with Crippen molar-refractivity contribution in [1.82, 2.24) is 14.5 Å². The van der Waals surface area contributed by atoms with Crippen LogP contribution in [0.15, 0.2) is 24.3 Å². The van der Waals surface area contributed by atoms with Gasteiger partial charge in [-0.05, 0) is 50.0 Å². The number of nitrogens with zero attached hydrogens (tertiary/aromatic N) is 4. The second-order valence-electron chi connectivity index (χ2n) is 7.15. The van der Waals surface area contributed by atoms with Gasteiger partial charge >= 0.3 is 6.03 Å². The molecular formula is C21H25N5O. The maximum absolute atomic E-state index is 12.6. The summed E-state index contributed by atoms with van der Waals surface area (Å²) in [6.45, 7) is 8.13. The molecule has 6 heteroatoms. The normalized spacial score (nSPS) is 17.9. The van der Waals surface area contributed by atoms with Crippen LogP contribution in [0.3, 0.4) is 0 Å². The number of carbonyl (C=O) groups is 1. The smallest absolute Gasteiger partial charge is 0.324 e. The Morgan fingerprint density at radius 3 is 2.85 bits per heavy atom. The first-order chi connectivity index (χ1) is 13.1. The molecule has 140 valence electrons. The van der Waals surface area contributed by atoms with E-state index in [2.05, 4.69) is 36.8 Å². The van der Waals surface area contributed by atoms with E-state index in [-0.39, 0.29) is 12.1 Å². The van der Waals surface area contributed by atoms with Gasteiger partial charge in [-0.15, -0.1) is 0 Å². The molecule has 6 nitrogen and oxygen atoms in total. The van der Waals surface area contributed by atoms with Gasteiger partial charge in [0.15, 0.2) is 6.19 Å². The molecule has 1 aliphatic heterocycles. The van der Waals surface area contributed by atoms with Crippen molar-refractivity contribution >= 4 is 22.5 Å². The zero-order valence-corrected chi connectivity index (χ0v) is 16.1. The van der Waals surface area contributed by atoms with Crippen LogP contribution in [0.5, 0.6) is 0 Å². The molecule has 1 N–H and O–H groups in total. The minimum absolute atomic E-state index is 0.0912. The monoisotopic (exact) mass is 363 g/mol. The summed E-state index contributed by atoms with van der Waals surface area (Å²) < 4.78 is 1.92. The minimum Gasteiger partial charge on any atom is -0.324 e. The fourth-order valence-electron chi connectivity index (χ4n) is 4.49. The Morgan fingerprint density at radius 2 is 2.15 bits per heavy atom. The summed E-state index contributed by atoms with van der Waals surface area (Å²) in [6, 6.07) is 6.24. The lowest BCUT2D eigenvalue weighted by molar-refractivity contribution is 0.214. The quantitative estimate of drug-likeness (QED) is 0.850. The van der Waals surface area contributed by atoms with Crippen LogP contribution in [0.2, 0.25) is 0 Å². The molecule has 0 saturated carbocycles. The van der Waals surface area contributed by atoms with E-state index >= 15 is 0 Å². The van der Waals surface area contributed by atoms with Gasteiger partial charge in [0.1, 0.15) is 0 Å². The lowest BCUT2D eigenvalue weighted by Gasteiger charge is -2.36. The van der Waals surface area contributed by atoms with Crippen LogP contribution in [0, 0.1) is 18.4 Å². The molecule has 0 fully saturated rings. The number of hydrogen-bond donors (Lipinski definition) is 1. The van der Waals surface area contributed by atoms with E-state index in [0.717, 1.165) is 30.6 Å². The molecule has 4 rings (SSSR count). The van der Waals surface area contributed by atoms with Crippen molar-refractivity contribution in [3.63, 3.8) is 0 Å². The third kappa shape index (κ3) is 2.57. The molecule has 1 aromatic carbocycles. The van der Waals surface area contributed by atoms with Crippen LogP contribution in [0.4, 0.5) is 4.79 Å². The van der Waals surface area contributed by atoms with Crippen LogP contribution >= 0.6 is 0 Å². The lowest BCUT2D eigenvalue weighted by atomic mass is 9.81. The van der Waals surface area contributed by atoms with E-state index < -0.39 is 0 Å². The summed E-state index contributed by atoms with van der Waals surface area (Å²) >= 11 is 0. The lowest BCUT2D eigenvalue weighted by Crippen LogP contribution is -2.39. The first-order valence-electron chi connectivity index (χ1n) is 9.66. The van der Waals surface area contributed by atoms with Gasteiger partial charge in [-0.1, -0.05) is 18.2 Å². The van der Waals surface area contributed by atoms with Crippen LogP contribution in [-0.4, -0.2) is 46.2 Å². The standard InChI is InChI=1S/C21H25N5O/c1-4-24(5-2)21(27)23-26-14(3)17-12-19-15(9-7-11-25(19)13-22)16-8-6-10-18(26)20(16)17/h6,8-10,19H,4-5,7,11-12H2,1-3H3,(H,23,27)/t19-/m1/s1. The Labute approximate surface area is 159 Å². The van der Waals surface area contributed by atoms with E-state index in [1.54, 1.807) is 4.90 Å². The van der Waals surface area contributed by atoms with Crippen molar-refractivity contribution in [2.24, 2.45) is 0 Å². The van der Waals surface area contributed by atoms with E-state index in [0.29, 0.717) is 13.1 Å². The summed E-state index contributed by atoms with van der Waals surface area (Å²) in [5.74, 6) is 0. The topological polar surface area (TPSA) is 64.3 Å². The highest BCUT2D eigenvalue weighted by molar-refractivity contribution is 6.00. The SMILES string of the molecule is CCN(CC)C(=O)Nn1c(C)c2c3c(cccc31)C1=CCCN(C#N)[C@@H]1C2. The molecule has 27 heavy (non-hydrogen) atoms. The van der Waals surface area contributed by atoms with Crippen molar-refractivity contribution in [3.8, 4) is 6.19 Å². The zero-order valence-electron chi connectivity index (χ0n) is 16.1. The van der Waals surface area contributed by atoms with Crippen LogP contribution in [0.25, 0.3) is 16.5 Å². The maximum atomic E-state index is 12.6. The third-order valence-corrected chi connectivity index (χ3v) is 5.92. The Kier molecular flexibility index (Phi) is 4.31. The van der Waals surface area contributed by atoms with Gasteiger partial charge < -0.3 is 9.80 Å². The van der Waals surface area contributed by atoms with Crippen molar-refractivity contribution in [2.45, 2.75) is 39.7 Å². The molecule has 0 radical (unpaired) electrons. The number of nitriles is 1. The van der Waals surface area contributed by atoms with Gasteiger partial charge in [0.2, 0.25) is 0 Å². The number of amides is 2. The first-order valence-corrected chi connectivity index (χ1v) is 9.66. The second kappa shape index (κ2) is 6.66. The molecule has 0 spiro atoms. The molecule has 1 aliphatic carbocycles. The summed E-state index contributed by atoms with van der Waals surface area (Å²) in [7, 11) is 0. The Morgan fingerprint density at radius 1 is 1.37 bits per heavy atom. The van der Waals surface area contributed by atoms with Crippen LogP contribution in [-0.2, 0) is 6.42 Å². The van der Waals surface area contributed by atoms with Crippen molar-refractivity contribution < 1.29 is 4.79 Å². The van der Waals surface area contributed by atoms with Crippen LogP contribution in [0.1, 0.15) is 37.1 Å². The molecule has 0 unspecified atom stereocenters. The highest BCUT2D eigenvalue weighted by Gasteiger charge is 2.34. The fraction of sp³-hybridized carbons (Fsp3) is 0.429. The summed E-state index contributed by atoms with van der Waals surface area (Å²) in [5.41, 5.74) is 8.80. The largest absolute Gasteiger partial charge is 0.336 e. The average Bonchev–Trinajstić information content (AvgIpc) is 2.96. The molecule has 1 atom stereocenters. The van der Waals surface area contributed by atoms with Gasteiger partial charge in [-0.25, -0.2) is 10.2 Å². The summed E-state index contributed by atoms with van der Waals surface area (Å²) in [6.07, 6.45) is 6.33. The molecule has 2 aliphatic rings. The van der Waals surface area contributed by atoms with Gasteiger partial charge in [0.25, 0.3) is 0 Å². The zero-order chi connectivity index (χ0) is 19.1. The Hall–Kier alpha value is -2.94. The number of fused-ring (bicyclic) bond motifs is 2. The molecule has 2 amide bonds. The number of rotatable bonds is 3. The van der Waals surface area contributed by atoms with E-state index in [9.17, 15) is 10.1 Å². The summed E-state index contributed by atoms with van der Waals surface area (Å²) in [4.78, 5) is 16.3. The van der Waals surface area contributed by atoms with Crippen LogP contribution < -0.4 is 5.43 Å². The van der Waals surface area contributed by atoms with E-state index in [4.69, 9.17) is 0 Å². The molecule has 2 heterocycles. The predicted octanol–water partition coefficient (Wildman–Crippen LogP) is 3.45. The minimum atomic E-state index is -0.0912. The first kappa shape index (κ1) is 17.5. The third-order valence-electron chi connectivity index (χ3n) is 5.92. The summed E-state index contributed by atoms with van der Waals surface area (Å²) in [5, 5.41) is 10.8. The van der Waals surface area contributed by atoms with Gasteiger partial charge in [-0.3, -0.25) is 4.68 Å². The highest BCUT2D eigenvalue weighted by Crippen LogP contribution is 2.42.